The Balaban J connectivity index is 2.22. The first-order valence-electron chi connectivity index (χ1n) is 8.92. The van der Waals surface area contributed by atoms with Crippen molar-refractivity contribution in [3.8, 4) is 5.75 Å². The standard InChI is InChI=1S/C21H34O2/c1-6-7-8-17(2)13-18(3)14-19(4)15-23-16-20-9-11-21(22-5)12-10-20/h7-12,17-19H,6,13-16H2,1-5H3/b8-7+/t17-,18+,19-/m0/s1. The molecule has 1 aromatic carbocycles. The monoisotopic (exact) mass is 318 g/mol. The topological polar surface area (TPSA) is 18.5 Å². The van der Waals surface area contributed by atoms with Crippen molar-refractivity contribution in [2.75, 3.05) is 13.7 Å². The van der Waals surface area contributed by atoms with E-state index in [2.05, 4.69) is 52.0 Å². The molecule has 0 unspecified atom stereocenters. The summed E-state index contributed by atoms with van der Waals surface area (Å²) in [6, 6.07) is 8.09. The van der Waals surface area contributed by atoms with E-state index in [-0.39, 0.29) is 0 Å². The lowest BCUT2D eigenvalue weighted by molar-refractivity contribution is 0.0838. The molecule has 0 aliphatic rings. The van der Waals surface area contributed by atoms with Crippen LogP contribution in [0.25, 0.3) is 0 Å². The first kappa shape index (κ1) is 19.8. The van der Waals surface area contributed by atoms with Crippen LogP contribution in [0.4, 0.5) is 0 Å². The molecule has 130 valence electrons. The average Bonchev–Trinajstić information content (AvgIpc) is 2.53. The highest BCUT2D eigenvalue weighted by Crippen LogP contribution is 2.21. The van der Waals surface area contributed by atoms with E-state index in [1.165, 1.54) is 18.4 Å². The van der Waals surface area contributed by atoms with Crippen LogP contribution >= 0.6 is 0 Å². The van der Waals surface area contributed by atoms with E-state index < -0.39 is 0 Å². The predicted molar refractivity (Wildman–Crippen MR) is 98.8 cm³/mol. The van der Waals surface area contributed by atoms with Gasteiger partial charge in [-0.3, -0.25) is 0 Å². The molecule has 0 radical (unpaired) electrons. The number of methoxy groups -OCH3 is 1. The molecular weight excluding hydrogens is 284 g/mol. The van der Waals surface area contributed by atoms with Crippen molar-refractivity contribution < 1.29 is 9.47 Å². The highest BCUT2D eigenvalue weighted by atomic mass is 16.5. The van der Waals surface area contributed by atoms with Crippen LogP contribution in [-0.4, -0.2) is 13.7 Å². The van der Waals surface area contributed by atoms with Gasteiger partial charge in [-0.1, -0.05) is 52.0 Å². The molecule has 3 atom stereocenters. The van der Waals surface area contributed by atoms with Gasteiger partial charge in [-0.2, -0.15) is 0 Å². The summed E-state index contributed by atoms with van der Waals surface area (Å²) in [5, 5.41) is 0. The van der Waals surface area contributed by atoms with Gasteiger partial charge in [-0.15, -0.1) is 0 Å². The minimum Gasteiger partial charge on any atom is -0.497 e. The normalized spacial score (nSPS) is 15.5. The van der Waals surface area contributed by atoms with Crippen LogP contribution in [0.1, 0.15) is 52.5 Å². The summed E-state index contributed by atoms with van der Waals surface area (Å²) in [5.41, 5.74) is 1.20. The Kier molecular flexibility index (Phi) is 9.70. The maximum atomic E-state index is 5.87. The van der Waals surface area contributed by atoms with Crippen molar-refractivity contribution in [2.24, 2.45) is 17.8 Å². The average molecular weight is 319 g/mol. The zero-order chi connectivity index (χ0) is 17.1. The molecule has 0 fully saturated rings. The second-order valence-corrected chi connectivity index (χ2v) is 6.86. The van der Waals surface area contributed by atoms with Crippen LogP contribution in [0, 0.1) is 17.8 Å². The van der Waals surface area contributed by atoms with Crippen LogP contribution < -0.4 is 4.74 Å². The van der Waals surface area contributed by atoms with Gasteiger partial charge in [-0.25, -0.2) is 0 Å². The fourth-order valence-electron chi connectivity index (χ4n) is 3.03. The van der Waals surface area contributed by atoms with Gasteiger partial charge in [-0.05, 0) is 54.7 Å². The highest BCUT2D eigenvalue weighted by Gasteiger charge is 2.11. The molecule has 0 bridgehead atoms. The molecule has 0 aliphatic heterocycles. The predicted octanol–water partition coefficient (Wildman–Crippen LogP) is 5.87. The minimum atomic E-state index is 0.602. The van der Waals surface area contributed by atoms with Crippen molar-refractivity contribution in [3.63, 3.8) is 0 Å². The second-order valence-electron chi connectivity index (χ2n) is 6.86. The molecule has 2 nitrogen and oxygen atoms in total. The fraction of sp³-hybridized carbons (Fsp3) is 0.619. The first-order valence-corrected chi connectivity index (χ1v) is 8.92. The largest absolute Gasteiger partial charge is 0.497 e. The maximum absolute atomic E-state index is 5.87. The minimum absolute atomic E-state index is 0.602. The highest BCUT2D eigenvalue weighted by molar-refractivity contribution is 5.26. The van der Waals surface area contributed by atoms with E-state index in [0.717, 1.165) is 24.7 Å². The molecule has 0 saturated heterocycles. The van der Waals surface area contributed by atoms with Crippen LogP contribution in [0.2, 0.25) is 0 Å². The molecule has 0 saturated carbocycles. The smallest absolute Gasteiger partial charge is 0.118 e. The van der Waals surface area contributed by atoms with Gasteiger partial charge in [0, 0.05) is 6.61 Å². The maximum Gasteiger partial charge on any atom is 0.118 e. The molecule has 2 heteroatoms. The number of hydrogen-bond donors (Lipinski definition) is 0. The van der Waals surface area contributed by atoms with E-state index in [4.69, 9.17) is 9.47 Å². The Morgan fingerprint density at radius 2 is 1.70 bits per heavy atom. The SMILES string of the molecule is CC/C=C/[C@H](C)C[C@@H](C)C[C@H](C)COCc1ccc(OC)cc1. The van der Waals surface area contributed by atoms with E-state index in [0.29, 0.717) is 18.4 Å². The van der Waals surface area contributed by atoms with Crippen LogP contribution in [0.5, 0.6) is 5.75 Å². The third-order valence-corrected chi connectivity index (χ3v) is 4.11. The lowest BCUT2D eigenvalue weighted by Gasteiger charge is -2.19. The summed E-state index contributed by atoms with van der Waals surface area (Å²) in [6.45, 7) is 10.7. The van der Waals surface area contributed by atoms with E-state index in [1.807, 2.05) is 12.1 Å². The molecule has 1 rings (SSSR count). The summed E-state index contributed by atoms with van der Waals surface area (Å²) in [6.07, 6.45) is 8.25. The molecule has 0 heterocycles. The molecule has 0 spiro atoms. The van der Waals surface area contributed by atoms with Crippen molar-refractivity contribution >= 4 is 0 Å². The van der Waals surface area contributed by atoms with Gasteiger partial charge in [0.2, 0.25) is 0 Å². The zero-order valence-corrected chi connectivity index (χ0v) is 15.5. The molecule has 23 heavy (non-hydrogen) atoms. The Morgan fingerprint density at radius 3 is 2.30 bits per heavy atom. The molecule has 0 aromatic heterocycles. The van der Waals surface area contributed by atoms with Gasteiger partial charge in [0.1, 0.15) is 5.75 Å². The van der Waals surface area contributed by atoms with Crippen LogP contribution in [0.3, 0.4) is 0 Å². The van der Waals surface area contributed by atoms with Gasteiger partial charge >= 0.3 is 0 Å². The molecule has 0 amide bonds. The summed E-state index contributed by atoms with van der Waals surface area (Å²) in [4.78, 5) is 0. The summed E-state index contributed by atoms with van der Waals surface area (Å²) < 4.78 is 11.0. The van der Waals surface area contributed by atoms with Gasteiger partial charge in [0.25, 0.3) is 0 Å². The number of allylic oxidation sites excluding steroid dienone is 2. The van der Waals surface area contributed by atoms with E-state index in [1.54, 1.807) is 7.11 Å². The lowest BCUT2D eigenvalue weighted by Crippen LogP contribution is -2.12. The number of ether oxygens (including phenoxy) is 2. The Morgan fingerprint density at radius 1 is 1.00 bits per heavy atom. The number of benzene rings is 1. The van der Waals surface area contributed by atoms with Crippen molar-refractivity contribution in [1.82, 2.24) is 0 Å². The summed E-state index contributed by atoms with van der Waals surface area (Å²) in [7, 11) is 1.69. The molecule has 1 aromatic rings. The van der Waals surface area contributed by atoms with E-state index in [9.17, 15) is 0 Å². The molecule has 0 N–H and O–H groups in total. The molecule has 0 aliphatic carbocycles. The quantitative estimate of drug-likeness (QED) is 0.475. The lowest BCUT2D eigenvalue weighted by atomic mass is 9.89. The van der Waals surface area contributed by atoms with Crippen molar-refractivity contribution in [2.45, 2.75) is 53.6 Å². The second kappa shape index (κ2) is 11.3. The van der Waals surface area contributed by atoms with Crippen molar-refractivity contribution in [1.29, 1.82) is 0 Å². The Bertz CT molecular complexity index is 436. The number of hydrogen-bond acceptors (Lipinski definition) is 2. The van der Waals surface area contributed by atoms with Gasteiger partial charge in [0.15, 0.2) is 0 Å². The Hall–Kier alpha value is -1.28. The van der Waals surface area contributed by atoms with E-state index >= 15 is 0 Å². The third kappa shape index (κ3) is 8.80. The van der Waals surface area contributed by atoms with Crippen LogP contribution in [0.15, 0.2) is 36.4 Å². The third-order valence-electron chi connectivity index (χ3n) is 4.11. The summed E-state index contributed by atoms with van der Waals surface area (Å²) >= 11 is 0. The van der Waals surface area contributed by atoms with Crippen LogP contribution in [-0.2, 0) is 11.3 Å². The van der Waals surface area contributed by atoms with Gasteiger partial charge < -0.3 is 9.47 Å². The Labute approximate surface area is 142 Å². The zero-order valence-electron chi connectivity index (χ0n) is 15.5. The fourth-order valence-corrected chi connectivity index (χ4v) is 3.03. The first-order chi connectivity index (χ1) is 11.0. The van der Waals surface area contributed by atoms with Crippen molar-refractivity contribution in [3.05, 3.63) is 42.0 Å². The number of rotatable bonds is 11. The molecular formula is C21H34O2. The van der Waals surface area contributed by atoms with Gasteiger partial charge in [0.05, 0.1) is 13.7 Å². The summed E-state index contributed by atoms with van der Waals surface area (Å²) in [5.74, 6) is 2.91.